The Kier molecular flexibility index (Phi) is 4.83. The Hall–Kier alpha value is -2.69. The molecule has 1 amide bonds. The minimum Gasteiger partial charge on any atom is -0.366 e. The van der Waals surface area contributed by atoms with Gasteiger partial charge in [0.1, 0.15) is 5.82 Å². The van der Waals surface area contributed by atoms with E-state index in [1.807, 2.05) is 30.0 Å². The molecule has 3 rings (SSSR count). The molecule has 0 spiro atoms. The molecular weight excluding hydrogens is 319 g/mol. The minimum absolute atomic E-state index is 0.00355. The van der Waals surface area contributed by atoms with Crippen LogP contribution in [0.2, 0.25) is 0 Å². The van der Waals surface area contributed by atoms with Gasteiger partial charge in [-0.05, 0) is 43.7 Å². The fourth-order valence-corrected chi connectivity index (χ4v) is 3.20. The number of benzene rings is 2. The van der Waals surface area contributed by atoms with Gasteiger partial charge in [-0.25, -0.2) is 4.39 Å². The highest BCUT2D eigenvalue weighted by Crippen LogP contribution is 2.25. The van der Waals surface area contributed by atoms with Crippen molar-refractivity contribution in [3.05, 3.63) is 65.0 Å². The molecule has 0 unspecified atom stereocenters. The summed E-state index contributed by atoms with van der Waals surface area (Å²) in [6.07, 6.45) is 0. The van der Waals surface area contributed by atoms with Gasteiger partial charge in [-0.2, -0.15) is 0 Å². The number of aryl methyl sites for hydroxylation is 1. The number of rotatable bonds is 3. The third-order valence-corrected chi connectivity index (χ3v) is 4.60. The molecule has 1 aliphatic heterocycles. The lowest BCUT2D eigenvalue weighted by molar-refractivity contribution is 0.0746. The van der Waals surface area contributed by atoms with Crippen molar-refractivity contribution in [2.75, 3.05) is 31.1 Å². The smallest absolute Gasteiger partial charge is 0.253 e. The molecule has 0 radical (unpaired) electrons. The van der Waals surface area contributed by atoms with E-state index in [0.717, 1.165) is 5.56 Å². The lowest BCUT2D eigenvalue weighted by Crippen LogP contribution is -2.49. The maximum atomic E-state index is 14.4. The first-order valence-corrected chi connectivity index (χ1v) is 8.37. The number of anilines is 1. The van der Waals surface area contributed by atoms with Crippen LogP contribution < -0.4 is 4.90 Å². The first-order chi connectivity index (χ1) is 12.0. The van der Waals surface area contributed by atoms with E-state index in [4.69, 9.17) is 0 Å². The van der Waals surface area contributed by atoms with Crippen molar-refractivity contribution in [3.63, 3.8) is 0 Å². The molecule has 0 atom stereocenters. The maximum absolute atomic E-state index is 14.4. The van der Waals surface area contributed by atoms with Crippen molar-refractivity contribution in [2.24, 2.45) is 0 Å². The number of carbonyl (C=O) groups excluding carboxylic acids is 2. The average molecular weight is 340 g/mol. The van der Waals surface area contributed by atoms with Gasteiger partial charge in [0.2, 0.25) is 0 Å². The van der Waals surface area contributed by atoms with Crippen LogP contribution in [0.25, 0.3) is 0 Å². The molecule has 1 fully saturated rings. The standard InChI is InChI=1S/C20H21FN2O2/c1-14-12-19(18(21)13-17(14)15(2)24)22-8-10-23(11-9-22)20(25)16-6-4-3-5-7-16/h3-7,12-13H,8-11H2,1-2H3. The third-order valence-electron chi connectivity index (χ3n) is 4.60. The van der Waals surface area contributed by atoms with Crippen LogP contribution in [0.3, 0.4) is 0 Å². The highest BCUT2D eigenvalue weighted by molar-refractivity contribution is 5.96. The fraction of sp³-hybridized carbons (Fsp3) is 0.300. The van der Waals surface area contributed by atoms with Crippen molar-refractivity contribution < 1.29 is 14.0 Å². The second-order valence-corrected chi connectivity index (χ2v) is 6.32. The molecule has 2 aromatic rings. The van der Waals surface area contributed by atoms with E-state index < -0.39 is 5.82 Å². The molecular formula is C20H21FN2O2. The van der Waals surface area contributed by atoms with Gasteiger partial charge in [-0.1, -0.05) is 18.2 Å². The minimum atomic E-state index is -0.390. The summed E-state index contributed by atoms with van der Waals surface area (Å²) >= 11 is 0. The van der Waals surface area contributed by atoms with E-state index in [0.29, 0.717) is 43.0 Å². The second kappa shape index (κ2) is 7.05. The molecule has 0 aliphatic carbocycles. The summed E-state index contributed by atoms with van der Waals surface area (Å²) in [5.41, 5.74) is 2.35. The van der Waals surface area contributed by atoms with Crippen LogP contribution in [0.1, 0.15) is 33.2 Å². The van der Waals surface area contributed by atoms with Gasteiger partial charge in [0.25, 0.3) is 5.91 Å². The number of piperazine rings is 1. The summed E-state index contributed by atoms with van der Waals surface area (Å²) in [6, 6.07) is 12.2. The van der Waals surface area contributed by atoms with E-state index in [1.165, 1.54) is 13.0 Å². The summed E-state index contributed by atoms with van der Waals surface area (Å²) < 4.78 is 14.4. The molecule has 1 saturated heterocycles. The molecule has 2 aromatic carbocycles. The predicted octanol–water partition coefficient (Wildman–Crippen LogP) is 3.30. The van der Waals surface area contributed by atoms with Gasteiger partial charge >= 0.3 is 0 Å². The molecule has 0 N–H and O–H groups in total. The number of hydrogen-bond acceptors (Lipinski definition) is 3. The Balaban J connectivity index is 1.71. The van der Waals surface area contributed by atoms with Crippen molar-refractivity contribution >= 4 is 17.4 Å². The fourth-order valence-electron chi connectivity index (χ4n) is 3.20. The quantitative estimate of drug-likeness (QED) is 0.805. The first kappa shape index (κ1) is 17.1. The highest BCUT2D eigenvalue weighted by Gasteiger charge is 2.24. The van der Waals surface area contributed by atoms with Crippen LogP contribution in [-0.4, -0.2) is 42.8 Å². The van der Waals surface area contributed by atoms with Crippen LogP contribution in [0.15, 0.2) is 42.5 Å². The number of Topliss-reactive ketones (excluding diaryl/α,β-unsaturated/α-hetero) is 1. The number of hydrogen-bond donors (Lipinski definition) is 0. The van der Waals surface area contributed by atoms with Crippen LogP contribution in [-0.2, 0) is 0 Å². The van der Waals surface area contributed by atoms with Gasteiger partial charge in [0.05, 0.1) is 5.69 Å². The normalized spacial score (nSPS) is 14.5. The van der Waals surface area contributed by atoms with Crippen LogP contribution in [0, 0.1) is 12.7 Å². The Morgan fingerprint density at radius 2 is 1.64 bits per heavy atom. The lowest BCUT2D eigenvalue weighted by Gasteiger charge is -2.36. The Labute approximate surface area is 146 Å². The van der Waals surface area contributed by atoms with E-state index in [2.05, 4.69) is 0 Å². The van der Waals surface area contributed by atoms with Crippen LogP contribution in [0.5, 0.6) is 0 Å². The number of carbonyl (C=O) groups is 2. The van der Waals surface area contributed by atoms with Gasteiger partial charge in [-0.3, -0.25) is 9.59 Å². The van der Waals surface area contributed by atoms with E-state index >= 15 is 0 Å². The Morgan fingerprint density at radius 3 is 2.24 bits per heavy atom. The van der Waals surface area contributed by atoms with E-state index in [1.54, 1.807) is 23.1 Å². The monoisotopic (exact) mass is 340 g/mol. The molecule has 0 saturated carbocycles. The number of halogens is 1. The second-order valence-electron chi connectivity index (χ2n) is 6.32. The largest absolute Gasteiger partial charge is 0.366 e. The van der Waals surface area contributed by atoms with Crippen molar-refractivity contribution in [1.29, 1.82) is 0 Å². The van der Waals surface area contributed by atoms with E-state index in [-0.39, 0.29) is 11.7 Å². The Bertz CT molecular complexity index is 797. The molecule has 5 heteroatoms. The summed E-state index contributed by atoms with van der Waals surface area (Å²) in [5, 5.41) is 0. The zero-order chi connectivity index (χ0) is 18.0. The molecule has 0 bridgehead atoms. The average Bonchev–Trinajstić information content (AvgIpc) is 2.63. The molecule has 25 heavy (non-hydrogen) atoms. The first-order valence-electron chi connectivity index (χ1n) is 8.37. The number of nitrogens with zero attached hydrogens (tertiary/aromatic N) is 2. The number of ketones is 1. The van der Waals surface area contributed by atoms with Crippen molar-refractivity contribution in [3.8, 4) is 0 Å². The van der Waals surface area contributed by atoms with Crippen LogP contribution in [0.4, 0.5) is 10.1 Å². The van der Waals surface area contributed by atoms with E-state index in [9.17, 15) is 14.0 Å². The van der Waals surface area contributed by atoms with Crippen molar-refractivity contribution in [1.82, 2.24) is 4.90 Å². The molecule has 0 aromatic heterocycles. The molecule has 1 heterocycles. The number of amides is 1. The van der Waals surface area contributed by atoms with Crippen LogP contribution >= 0.6 is 0 Å². The maximum Gasteiger partial charge on any atom is 0.253 e. The molecule has 1 aliphatic rings. The van der Waals surface area contributed by atoms with Gasteiger partial charge in [0.15, 0.2) is 5.78 Å². The van der Waals surface area contributed by atoms with Gasteiger partial charge in [0, 0.05) is 37.3 Å². The Morgan fingerprint density at radius 1 is 1.00 bits per heavy atom. The SMILES string of the molecule is CC(=O)c1cc(F)c(N2CCN(C(=O)c3ccccc3)CC2)cc1C. The predicted molar refractivity (Wildman–Crippen MR) is 95.7 cm³/mol. The summed E-state index contributed by atoms with van der Waals surface area (Å²) in [4.78, 5) is 27.7. The molecule has 4 nitrogen and oxygen atoms in total. The highest BCUT2D eigenvalue weighted by atomic mass is 19.1. The zero-order valence-corrected chi connectivity index (χ0v) is 14.5. The van der Waals surface area contributed by atoms with Crippen molar-refractivity contribution in [2.45, 2.75) is 13.8 Å². The zero-order valence-electron chi connectivity index (χ0n) is 14.5. The topological polar surface area (TPSA) is 40.6 Å². The summed E-state index contributed by atoms with van der Waals surface area (Å²) in [7, 11) is 0. The lowest BCUT2D eigenvalue weighted by atomic mass is 10.0. The summed E-state index contributed by atoms with van der Waals surface area (Å²) in [6.45, 7) is 5.47. The van der Waals surface area contributed by atoms with Gasteiger partial charge < -0.3 is 9.80 Å². The van der Waals surface area contributed by atoms with Gasteiger partial charge in [-0.15, -0.1) is 0 Å². The third kappa shape index (κ3) is 3.55. The summed E-state index contributed by atoms with van der Waals surface area (Å²) in [5.74, 6) is -0.524. The molecule has 130 valence electrons.